The Morgan fingerprint density at radius 3 is 2.55 bits per heavy atom. The second-order valence-electron chi connectivity index (χ2n) is 5.22. The number of benzene rings is 1. The van der Waals surface area contributed by atoms with Crippen LogP contribution in [0.4, 0.5) is 0 Å². The highest BCUT2D eigenvalue weighted by Gasteiger charge is 2.14. The van der Waals surface area contributed by atoms with Crippen LogP contribution in [0.5, 0.6) is 0 Å². The minimum Gasteiger partial charge on any atom is -0.294 e. The van der Waals surface area contributed by atoms with Crippen molar-refractivity contribution in [3.63, 3.8) is 0 Å². The Bertz CT molecular complexity index is 712. The predicted octanol–water partition coefficient (Wildman–Crippen LogP) is 3.79. The van der Waals surface area contributed by atoms with E-state index in [-0.39, 0.29) is 0 Å². The molecule has 22 heavy (non-hydrogen) atoms. The van der Waals surface area contributed by atoms with Gasteiger partial charge in [0.2, 0.25) is 0 Å². The van der Waals surface area contributed by atoms with E-state index in [4.69, 9.17) is 0 Å². The zero-order chi connectivity index (χ0) is 15.4. The third kappa shape index (κ3) is 3.37. The van der Waals surface area contributed by atoms with Crippen LogP contribution in [0.3, 0.4) is 0 Å². The van der Waals surface area contributed by atoms with Crippen LogP contribution in [-0.2, 0) is 6.54 Å². The summed E-state index contributed by atoms with van der Waals surface area (Å²) in [5, 5.41) is 2.95. The quantitative estimate of drug-likeness (QED) is 0.719. The van der Waals surface area contributed by atoms with E-state index in [1.165, 1.54) is 5.56 Å². The number of thiazole rings is 1. The van der Waals surface area contributed by atoms with Gasteiger partial charge in [0.25, 0.3) is 0 Å². The van der Waals surface area contributed by atoms with Gasteiger partial charge in [-0.05, 0) is 25.6 Å². The van der Waals surface area contributed by atoms with Crippen LogP contribution in [0.1, 0.15) is 24.2 Å². The van der Waals surface area contributed by atoms with Gasteiger partial charge in [-0.25, -0.2) is 15.0 Å². The van der Waals surface area contributed by atoms with E-state index in [9.17, 15) is 0 Å². The van der Waals surface area contributed by atoms with Gasteiger partial charge in [0, 0.05) is 30.4 Å². The van der Waals surface area contributed by atoms with Gasteiger partial charge in [0.15, 0.2) is 10.8 Å². The zero-order valence-electron chi connectivity index (χ0n) is 12.7. The van der Waals surface area contributed by atoms with Crippen molar-refractivity contribution in [2.75, 3.05) is 7.05 Å². The molecule has 0 amide bonds. The summed E-state index contributed by atoms with van der Waals surface area (Å²) in [5.41, 5.74) is 2.37. The second-order valence-corrected chi connectivity index (χ2v) is 6.08. The van der Waals surface area contributed by atoms with Gasteiger partial charge in [-0.1, -0.05) is 30.3 Å². The van der Waals surface area contributed by atoms with Crippen LogP contribution in [0, 0.1) is 0 Å². The van der Waals surface area contributed by atoms with Crippen LogP contribution in [0.2, 0.25) is 0 Å². The Morgan fingerprint density at radius 1 is 1.09 bits per heavy atom. The minimum atomic E-state index is 0.347. The standard InChI is InChI=1S/C17H18N4S/c1-13(14-7-4-3-5-8-14)21(2)11-15-12-22-17(20-15)16-18-9-6-10-19-16/h3-10,12-13H,11H2,1-2H3. The van der Waals surface area contributed by atoms with Crippen LogP contribution < -0.4 is 0 Å². The maximum Gasteiger partial charge on any atom is 0.188 e. The van der Waals surface area contributed by atoms with Crippen molar-refractivity contribution in [3.8, 4) is 10.8 Å². The molecule has 4 nitrogen and oxygen atoms in total. The highest BCUT2D eigenvalue weighted by atomic mass is 32.1. The van der Waals surface area contributed by atoms with E-state index in [2.05, 4.69) is 63.5 Å². The van der Waals surface area contributed by atoms with Gasteiger partial charge >= 0.3 is 0 Å². The molecule has 0 aliphatic rings. The van der Waals surface area contributed by atoms with Crippen LogP contribution >= 0.6 is 11.3 Å². The fourth-order valence-electron chi connectivity index (χ4n) is 2.27. The summed E-state index contributed by atoms with van der Waals surface area (Å²) in [6.07, 6.45) is 3.49. The Hall–Kier alpha value is -2.11. The molecule has 0 aliphatic carbocycles. The molecule has 5 heteroatoms. The molecule has 1 unspecified atom stereocenters. The number of rotatable bonds is 5. The summed E-state index contributed by atoms with van der Waals surface area (Å²) in [6, 6.07) is 12.7. The van der Waals surface area contributed by atoms with Crippen molar-refractivity contribution in [2.45, 2.75) is 19.5 Å². The first kappa shape index (κ1) is 14.8. The summed E-state index contributed by atoms with van der Waals surface area (Å²) in [6.45, 7) is 3.02. The molecule has 3 rings (SSSR count). The molecule has 3 aromatic rings. The molecule has 0 radical (unpaired) electrons. The highest BCUT2D eigenvalue weighted by molar-refractivity contribution is 7.13. The molecule has 0 fully saturated rings. The van der Waals surface area contributed by atoms with Gasteiger partial charge in [0.05, 0.1) is 5.69 Å². The monoisotopic (exact) mass is 310 g/mol. The molecule has 2 heterocycles. The summed E-state index contributed by atoms with van der Waals surface area (Å²) in [7, 11) is 2.12. The van der Waals surface area contributed by atoms with Crippen molar-refractivity contribution in [1.29, 1.82) is 0 Å². The third-order valence-corrected chi connectivity index (χ3v) is 4.55. The molecule has 0 N–H and O–H groups in total. The van der Waals surface area contributed by atoms with Crippen molar-refractivity contribution in [2.24, 2.45) is 0 Å². The number of nitrogens with zero attached hydrogens (tertiary/aromatic N) is 4. The molecule has 1 atom stereocenters. The summed E-state index contributed by atoms with van der Waals surface area (Å²) >= 11 is 1.59. The number of aromatic nitrogens is 3. The molecule has 0 aliphatic heterocycles. The molecule has 0 saturated carbocycles. The van der Waals surface area contributed by atoms with Gasteiger partial charge in [0.1, 0.15) is 0 Å². The SMILES string of the molecule is CC(c1ccccc1)N(C)Cc1csc(-c2ncccn2)n1. The molecule has 1 aromatic carbocycles. The average Bonchev–Trinajstić information content (AvgIpc) is 3.04. The second kappa shape index (κ2) is 6.77. The van der Waals surface area contributed by atoms with Gasteiger partial charge in [-0.15, -0.1) is 11.3 Å². The van der Waals surface area contributed by atoms with Crippen molar-refractivity contribution >= 4 is 11.3 Å². The lowest BCUT2D eigenvalue weighted by Crippen LogP contribution is -2.22. The van der Waals surface area contributed by atoms with Crippen molar-refractivity contribution < 1.29 is 0 Å². The molecular weight excluding hydrogens is 292 g/mol. The van der Waals surface area contributed by atoms with E-state index in [0.29, 0.717) is 11.9 Å². The van der Waals surface area contributed by atoms with Gasteiger partial charge < -0.3 is 0 Å². The van der Waals surface area contributed by atoms with E-state index < -0.39 is 0 Å². The predicted molar refractivity (Wildman–Crippen MR) is 89.5 cm³/mol. The van der Waals surface area contributed by atoms with Gasteiger partial charge in [-0.2, -0.15) is 0 Å². The van der Waals surface area contributed by atoms with Crippen molar-refractivity contribution in [1.82, 2.24) is 19.9 Å². The van der Waals surface area contributed by atoms with Crippen LogP contribution in [0.25, 0.3) is 10.8 Å². The summed E-state index contributed by atoms with van der Waals surface area (Å²) < 4.78 is 0. The Kier molecular flexibility index (Phi) is 4.56. The minimum absolute atomic E-state index is 0.347. The number of hydrogen-bond acceptors (Lipinski definition) is 5. The summed E-state index contributed by atoms with van der Waals surface area (Å²) in [4.78, 5) is 15.4. The molecule has 112 valence electrons. The highest BCUT2D eigenvalue weighted by Crippen LogP contribution is 2.23. The maximum atomic E-state index is 4.65. The smallest absolute Gasteiger partial charge is 0.188 e. The molecule has 2 aromatic heterocycles. The number of hydrogen-bond donors (Lipinski definition) is 0. The average molecular weight is 310 g/mol. The van der Waals surface area contributed by atoms with E-state index in [1.807, 2.05) is 12.1 Å². The third-order valence-electron chi connectivity index (χ3n) is 3.66. The van der Waals surface area contributed by atoms with E-state index in [0.717, 1.165) is 17.2 Å². The van der Waals surface area contributed by atoms with Crippen molar-refractivity contribution in [3.05, 3.63) is 65.4 Å². The first-order valence-electron chi connectivity index (χ1n) is 7.21. The van der Waals surface area contributed by atoms with E-state index in [1.54, 1.807) is 23.7 Å². The molecule has 0 spiro atoms. The summed E-state index contributed by atoms with van der Waals surface area (Å²) in [5.74, 6) is 0.692. The lowest BCUT2D eigenvalue weighted by Gasteiger charge is -2.24. The first-order chi connectivity index (χ1) is 10.7. The first-order valence-corrected chi connectivity index (χ1v) is 8.09. The van der Waals surface area contributed by atoms with Gasteiger partial charge in [-0.3, -0.25) is 4.90 Å². The van der Waals surface area contributed by atoms with Crippen LogP contribution in [0.15, 0.2) is 54.2 Å². The Labute approximate surface area is 134 Å². The normalized spacial score (nSPS) is 12.5. The Balaban J connectivity index is 1.70. The largest absolute Gasteiger partial charge is 0.294 e. The molecular formula is C17H18N4S. The van der Waals surface area contributed by atoms with E-state index >= 15 is 0 Å². The zero-order valence-corrected chi connectivity index (χ0v) is 13.5. The topological polar surface area (TPSA) is 41.9 Å². The molecule has 0 saturated heterocycles. The maximum absolute atomic E-state index is 4.65. The Morgan fingerprint density at radius 2 is 1.82 bits per heavy atom. The fourth-order valence-corrected chi connectivity index (χ4v) is 3.03. The molecule has 0 bridgehead atoms. The lowest BCUT2D eigenvalue weighted by molar-refractivity contribution is 0.250. The fraction of sp³-hybridized carbons (Fsp3) is 0.235. The lowest BCUT2D eigenvalue weighted by atomic mass is 10.1. The van der Waals surface area contributed by atoms with Crippen LogP contribution in [-0.4, -0.2) is 26.9 Å².